The number of carboxylic acid groups (broad SMARTS) is 1. The Bertz CT molecular complexity index is 1530. The average molecular weight is 705 g/mol. The molecule has 8 rings (SSSR count). The number of hydrogen-bond acceptors (Lipinski definition) is 5. The maximum atomic E-state index is 12.8. The van der Waals surface area contributed by atoms with Gasteiger partial charge in [-0.25, -0.2) is 0 Å². The molecule has 284 valence electrons. The predicted molar refractivity (Wildman–Crippen MR) is 199 cm³/mol. The van der Waals surface area contributed by atoms with E-state index in [-0.39, 0.29) is 57.0 Å². The Kier molecular flexibility index (Phi) is 8.42. The van der Waals surface area contributed by atoms with Gasteiger partial charge in [-0.1, -0.05) is 65.3 Å². The van der Waals surface area contributed by atoms with Crippen molar-refractivity contribution in [1.29, 1.82) is 0 Å². The normalized spacial score (nSPS) is 52.4. The summed E-state index contributed by atoms with van der Waals surface area (Å²) in [6, 6.07) is 8.97. The minimum Gasteiger partial charge on any atom is -0.481 e. The summed E-state index contributed by atoms with van der Waals surface area (Å²) in [5, 5.41) is 35.6. The van der Waals surface area contributed by atoms with E-state index in [1.54, 1.807) is 7.11 Å². The lowest BCUT2D eigenvalue weighted by Gasteiger charge is -2.82. The second-order valence-electron chi connectivity index (χ2n) is 20.6. The van der Waals surface area contributed by atoms with Gasteiger partial charge in [0.05, 0.1) is 24.7 Å². The number of aliphatic carboxylic acids is 1. The van der Waals surface area contributed by atoms with E-state index in [2.05, 4.69) is 58.9 Å². The highest BCUT2D eigenvalue weighted by molar-refractivity contribution is 5.74. The first-order chi connectivity index (χ1) is 24.1. The van der Waals surface area contributed by atoms with Gasteiger partial charge in [0, 0.05) is 30.3 Å². The van der Waals surface area contributed by atoms with Crippen molar-refractivity contribution in [3.05, 3.63) is 35.4 Å². The third-order valence-corrected chi connectivity index (χ3v) is 19.3. The number of rotatable bonds is 9. The molecule has 6 nitrogen and oxygen atoms in total. The topological polar surface area (TPSA) is 96.2 Å². The molecule has 1 saturated heterocycles. The molecule has 51 heavy (non-hydrogen) atoms. The Balaban J connectivity index is 1.24. The van der Waals surface area contributed by atoms with Gasteiger partial charge in [0.1, 0.15) is 0 Å². The van der Waals surface area contributed by atoms with Crippen LogP contribution in [-0.4, -0.2) is 53.5 Å². The number of carbonyl (C=O) groups is 1. The van der Waals surface area contributed by atoms with Crippen molar-refractivity contribution in [2.75, 3.05) is 20.3 Å². The van der Waals surface area contributed by atoms with Crippen LogP contribution in [0.2, 0.25) is 0 Å². The molecule has 1 aromatic rings. The number of aliphatic hydroxyl groups excluding tert-OH is 1. The zero-order valence-electron chi connectivity index (χ0n) is 32.9. The van der Waals surface area contributed by atoms with Gasteiger partial charge in [0.15, 0.2) is 5.79 Å². The van der Waals surface area contributed by atoms with Crippen molar-refractivity contribution >= 4 is 5.97 Å². The smallest absolute Gasteiger partial charge is 0.309 e. The molecule has 3 N–H and O–H groups in total. The molecular weight excluding hydrogens is 636 g/mol. The molecule has 14 unspecified atom stereocenters. The summed E-state index contributed by atoms with van der Waals surface area (Å²) in [5.74, 6) is -0.275. The molecule has 1 spiro atoms. The van der Waals surface area contributed by atoms with Crippen molar-refractivity contribution < 1.29 is 29.6 Å². The third kappa shape index (κ3) is 4.40. The van der Waals surface area contributed by atoms with E-state index in [1.165, 1.54) is 24.0 Å². The van der Waals surface area contributed by atoms with Crippen molar-refractivity contribution in [1.82, 2.24) is 0 Å². The summed E-state index contributed by atoms with van der Waals surface area (Å²) in [5.41, 5.74) is 1.36. The fourth-order valence-electron chi connectivity index (χ4n) is 16.7. The molecule has 0 amide bonds. The predicted octanol–water partition coefficient (Wildman–Crippen LogP) is 8.84. The van der Waals surface area contributed by atoms with Gasteiger partial charge in [-0.2, -0.15) is 0 Å². The molecule has 1 aromatic carbocycles. The first-order valence-corrected chi connectivity index (χ1v) is 20.9. The minimum absolute atomic E-state index is 0.00582. The third-order valence-electron chi connectivity index (χ3n) is 19.3. The largest absolute Gasteiger partial charge is 0.481 e. The van der Waals surface area contributed by atoms with E-state index in [1.807, 2.05) is 6.92 Å². The average Bonchev–Trinajstić information content (AvgIpc) is 3.25. The fourth-order valence-corrected chi connectivity index (χ4v) is 16.7. The van der Waals surface area contributed by atoms with Crippen LogP contribution in [0.15, 0.2) is 24.3 Å². The second-order valence-corrected chi connectivity index (χ2v) is 20.6. The highest BCUT2D eigenvalue weighted by Gasteiger charge is 2.85. The van der Waals surface area contributed by atoms with Crippen LogP contribution in [0, 0.1) is 67.5 Å². The number of ether oxygens (including phenoxy) is 2. The summed E-state index contributed by atoms with van der Waals surface area (Å²) < 4.78 is 12.5. The van der Waals surface area contributed by atoms with E-state index in [4.69, 9.17) is 9.47 Å². The molecule has 14 atom stereocenters. The summed E-state index contributed by atoms with van der Waals surface area (Å²) in [4.78, 5) is 12.8. The van der Waals surface area contributed by atoms with Crippen LogP contribution in [0.1, 0.15) is 136 Å². The lowest BCUT2D eigenvalue weighted by molar-refractivity contribution is -0.357. The number of methoxy groups -OCH3 is 1. The number of benzene rings is 1. The lowest BCUT2D eigenvalue weighted by Crippen LogP contribution is -2.79. The maximum absolute atomic E-state index is 12.8. The van der Waals surface area contributed by atoms with Gasteiger partial charge >= 0.3 is 5.97 Å². The number of fused-ring (bicyclic) bond motifs is 5. The van der Waals surface area contributed by atoms with Crippen LogP contribution in [0.25, 0.3) is 0 Å². The van der Waals surface area contributed by atoms with Crippen LogP contribution < -0.4 is 0 Å². The monoisotopic (exact) mass is 705 g/mol. The lowest BCUT2D eigenvalue weighted by atomic mass is 9.22. The second kappa shape index (κ2) is 11.8. The van der Waals surface area contributed by atoms with Gasteiger partial charge < -0.3 is 24.8 Å². The van der Waals surface area contributed by atoms with E-state index in [0.29, 0.717) is 30.8 Å². The van der Waals surface area contributed by atoms with Crippen molar-refractivity contribution in [3.63, 3.8) is 0 Å². The quantitative estimate of drug-likeness (QED) is 0.238. The van der Waals surface area contributed by atoms with Crippen LogP contribution in [0.5, 0.6) is 0 Å². The van der Waals surface area contributed by atoms with E-state index in [9.17, 15) is 20.1 Å². The molecule has 2 bridgehead atoms. The zero-order valence-corrected chi connectivity index (χ0v) is 32.9. The molecule has 6 aliphatic carbocycles. The molecule has 7 fully saturated rings. The van der Waals surface area contributed by atoms with Gasteiger partial charge in [0.25, 0.3) is 0 Å². The number of hydrogen-bond donors (Lipinski definition) is 3. The summed E-state index contributed by atoms with van der Waals surface area (Å²) in [6.07, 6.45) is 14.3. The molecule has 7 aliphatic rings. The first-order valence-electron chi connectivity index (χ1n) is 20.9. The molecule has 0 aromatic heterocycles. The molecule has 1 aliphatic heterocycles. The molecule has 1 heterocycles. The fraction of sp³-hybridized carbons (Fsp3) is 0.844. The van der Waals surface area contributed by atoms with Gasteiger partial charge in [-0.15, -0.1) is 0 Å². The SMILES string of the molecule is CCCC1C2(O)CC3CCC4CC5(C)C6CC(C)(C(=O)O)CCC6(C)CCC5(C)C5CCC1(C(Cc1ccc(CCOC)cc1)O2)C3(CO)C45C. The number of aliphatic hydroxyl groups is 2. The Morgan fingerprint density at radius 2 is 1.55 bits per heavy atom. The minimum atomic E-state index is -1.15. The Hall–Kier alpha value is -1.47. The summed E-state index contributed by atoms with van der Waals surface area (Å²) in [7, 11) is 1.75. The van der Waals surface area contributed by atoms with Gasteiger partial charge in [0.2, 0.25) is 0 Å². The van der Waals surface area contributed by atoms with Crippen molar-refractivity contribution in [3.8, 4) is 0 Å². The molecular formula is C45H68O6. The Morgan fingerprint density at radius 1 is 0.863 bits per heavy atom. The number of carboxylic acids is 1. The Labute approximate surface area is 307 Å². The van der Waals surface area contributed by atoms with Crippen molar-refractivity contribution in [2.45, 2.75) is 150 Å². The van der Waals surface area contributed by atoms with Crippen LogP contribution in [0.4, 0.5) is 0 Å². The van der Waals surface area contributed by atoms with Crippen LogP contribution >= 0.6 is 0 Å². The van der Waals surface area contributed by atoms with Gasteiger partial charge in [-0.3, -0.25) is 4.79 Å². The van der Waals surface area contributed by atoms with Crippen molar-refractivity contribution in [2.24, 2.45) is 67.5 Å². The van der Waals surface area contributed by atoms with E-state index in [0.717, 1.165) is 77.0 Å². The first kappa shape index (κ1) is 36.5. The zero-order chi connectivity index (χ0) is 36.5. The molecule has 6 heteroatoms. The molecule has 6 saturated carbocycles. The molecule has 0 radical (unpaired) electrons. The van der Waals surface area contributed by atoms with Crippen LogP contribution in [0.3, 0.4) is 0 Å². The van der Waals surface area contributed by atoms with Crippen LogP contribution in [-0.2, 0) is 27.1 Å². The Morgan fingerprint density at radius 3 is 2.22 bits per heavy atom. The highest BCUT2D eigenvalue weighted by atomic mass is 16.6. The summed E-state index contributed by atoms with van der Waals surface area (Å²) >= 11 is 0. The van der Waals surface area contributed by atoms with Gasteiger partial charge in [-0.05, 0) is 147 Å². The highest BCUT2D eigenvalue weighted by Crippen LogP contribution is 2.87. The standard InChI is InChI=1S/C45H68O6/c1-8-9-34-43-18-16-33-40(4)22-21-38(2)19-20-39(3,37(47)48)27-35(38)41(40,5)25-31-14-15-32(44(43,28-46)42(31,33)6)26-45(34,49)51-36(43)24-30-12-10-29(11-13-30)17-23-50-7/h10-13,31-36,46,49H,8-9,14-28H2,1-7H3,(H,47,48). The van der Waals surface area contributed by atoms with E-state index < -0.39 is 17.2 Å². The maximum Gasteiger partial charge on any atom is 0.309 e. The van der Waals surface area contributed by atoms with E-state index >= 15 is 0 Å². The summed E-state index contributed by atoms with van der Waals surface area (Å²) in [6.45, 7) is 15.5.